The molecule has 0 saturated carbocycles. The van der Waals surface area contributed by atoms with Crippen LogP contribution in [0.4, 0.5) is 0 Å². The standard InChI is InChI=1S/C8H16N2O2/c1-8(2,3)6(10-5-11)7(12)9-4/h5-6H,1-4H3,(H,9,12)(H,10,11). The molecule has 70 valence electrons. The predicted molar refractivity (Wildman–Crippen MR) is 46.5 cm³/mol. The Bertz CT molecular complexity index is 172. The van der Waals surface area contributed by atoms with Gasteiger partial charge in [0.1, 0.15) is 6.04 Å². The van der Waals surface area contributed by atoms with Gasteiger partial charge in [0.15, 0.2) is 0 Å². The molecule has 0 heterocycles. The summed E-state index contributed by atoms with van der Waals surface area (Å²) in [4.78, 5) is 21.4. The monoisotopic (exact) mass is 172 g/mol. The predicted octanol–water partition coefficient (Wildman–Crippen LogP) is -0.107. The van der Waals surface area contributed by atoms with E-state index in [9.17, 15) is 9.59 Å². The summed E-state index contributed by atoms with van der Waals surface area (Å²) < 4.78 is 0. The minimum absolute atomic E-state index is 0.172. The molecular formula is C8H16N2O2. The van der Waals surface area contributed by atoms with Crippen molar-refractivity contribution in [1.29, 1.82) is 0 Å². The van der Waals surface area contributed by atoms with Crippen molar-refractivity contribution in [2.24, 2.45) is 5.41 Å². The Labute approximate surface area is 72.7 Å². The SMILES string of the molecule is CNC(=O)C(NC=O)C(C)(C)C. The van der Waals surface area contributed by atoms with Crippen molar-refractivity contribution >= 4 is 12.3 Å². The van der Waals surface area contributed by atoms with Gasteiger partial charge < -0.3 is 10.6 Å². The summed E-state index contributed by atoms with van der Waals surface area (Å²) in [6.45, 7) is 5.68. The van der Waals surface area contributed by atoms with Gasteiger partial charge in [0.2, 0.25) is 12.3 Å². The Morgan fingerprint density at radius 1 is 1.42 bits per heavy atom. The summed E-state index contributed by atoms with van der Waals surface area (Å²) in [5, 5.41) is 4.98. The molecule has 0 rings (SSSR count). The summed E-state index contributed by atoms with van der Waals surface area (Å²) in [5.74, 6) is -0.172. The molecule has 4 nitrogen and oxygen atoms in total. The first kappa shape index (κ1) is 10.9. The van der Waals surface area contributed by atoms with Crippen molar-refractivity contribution in [3.05, 3.63) is 0 Å². The number of hydrogen-bond donors (Lipinski definition) is 2. The second-order valence-corrected chi connectivity index (χ2v) is 3.70. The molecular weight excluding hydrogens is 156 g/mol. The molecule has 0 aromatic rings. The van der Waals surface area contributed by atoms with E-state index in [4.69, 9.17) is 0 Å². The minimum Gasteiger partial charge on any atom is -0.357 e. The first-order valence-electron chi connectivity index (χ1n) is 3.84. The summed E-state index contributed by atoms with van der Waals surface area (Å²) in [6, 6.07) is -0.472. The van der Waals surface area contributed by atoms with E-state index >= 15 is 0 Å². The number of amides is 2. The zero-order chi connectivity index (χ0) is 9.78. The average Bonchev–Trinajstić information content (AvgIpc) is 1.96. The Balaban J connectivity index is 4.43. The lowest BCUT2D eigenvalue weighted by atomic mass is 9.86. The molecule has 12 heavy (non-hydrogen) atoms. The Morgan fingerprint density at radius 2 is 1.92 bits per heavy atom. The molecule has 0 radical (unpaired) electrons. The summed E-state index contributed by atoms with van der Waals surface area (Å²) in [7, 11) is 1.55. The number of likely N-dealkylation sites (N-methyl/N-ethyl adjacent to an activating group) is 1. The molecule has 0 aromatic carbocycles. The molecule has 0 bridgehead atoms. The number of hydrogen-bond acceptors (Lipinski definition) is 2. The van der Waals surface area contributed by atoms with E-state index < -0.39 is 6.04 Å². The smallest absolute Gasteiger partial charge is 0.242 e. The van der Waals surface area contributed by atoms with Gasteiger partial charge in [-0.1, -0.05) is 20.8 Å². The lowest BCUT2D eigenvalue weighted by molar-refractivity contribution is -0.127. The third kappa shape index (κ3) is 2.90. The molecule has 0 aliphatic rings. The first-order valence-corrected chi connectivity index (χ1v) is 3.84. The van der Waals surface area contributed by atoms with Gasteiger partial charge in [-0.3, -0.25) is 9.59 Å². The van der Waals surface area contributed by atoms with E-state index in [1.165, 1.54) is 0 Å². The van der Waals surface area contributed by atoms with E-state index in [0.717, 1.165) is 0 Å². The Morgan fingerprint density at radius 3 is 2.17 bits per heavy atom. The Kier molecular flexibility index (Phi) is 3.73. The van der Waals surface area contributed by atoms with E-state index in [-0.39, 0.29) is 11.3 Å². The topological polar surface area (TPSA) is 58.2 Å². The average molecular weight is 172 g/mol. The normalized spacial score (nSPS) is 13.3. The van der Waals surface area contributed by atoms with Gasteiger partial charge in [0.05, 0.1) is 0 Å². The largest absolute Gasteiger partial charge is 0.357 e. The third-order valence-corrected chi connectivity index (χ3v) is 1.61. The molecule has 1 unspecified atom stereocenters. The van der Waals surface area contributed by atoms with Crippen molar-refractivity contribution in [2.45, 2.75) is 26.8 Å². The quantitative estimate of drug-likeness (QED) is 0.584. The maximum Gasteiger partial charge on any atom is 0.242 e. The highest BCUT2D eigenvalue weighted by Gasteiger charge is 2.29. The van der Waals surface area contributed by atoms with Gasteiger partial charge in [-0.15, -0.1) is 0 Å². The fourth-order valence-electron chi connectivity index (χ4n) is 0.931. The molecule has 4 heteroatoms. The van der Waals surface area contributed by atoms with Crippen LogP contribution >= 0.6 is 0 Å². The fraction of sp³-hybridized carbons (Fsp3) is 0.750. The molecule has 0 fully saturated rings. The molecule has 0 aliphatic heterocycles. The van der Waals surface area contributed by atoms with Crippen molar-refractivity contribution in [3.63, 3.8) is 0 Å². The second kappa shape index (κ2) is 4.09. The van der Waals surface area contributed by atoms with E-state index in [1.54, 1.807) is 7.05 Å². The van der Waals surface area contributed by atoms with Crippen LogP contribution in [0.1, 0.15) is 20.8 Å². The lowest BCUT2D eigenvalue weighted by Gasteiger charge is -2.28. The van der Waals surface area contributed by atoms with Crippen LogP contribution in [0, 0.1) is 5.41 Å². The molecule has 2 amide bonds. The van der Waals surface area contributed by atoms with Gasteiger partial charge in [0, 0.05) is 7.05 Å². The van der Waals surface area contributed by atoms with Crippen LogP contribution in [0.2, 0.25) is 0 Å². The highest BCUT2D eigenvalue weighted by molar-refractivity contribution is 5.84. The van der Waals surface area contributed by atoms with Crippen molar-refractivity contribution < 1.29 is 9.59 Å². The highest BCUT2D eigenvalue weighted by atomic mass is 16.2. The van der Waals surface area contributed by atoms with Crippen LogP contribution in [-0.2, 0) is 9.59 Å². The molecule has 0 aromatic heterocycles. The number of rotatable bonds is 3. The number of nitrogens with one attached hydrogen (secondary N) is 2. The van der Waals surface area contributed by atoms with Crippen molar-refractivity contribution in [3.8, 4) is 0 Å². The highest BCUT2D eigenvalue weighted by Crippen LogP contribution is 2.18. The summed E-state index contributed by atoms with van der Waals surface area (Å²) in [6.07, 6.45) is 0.547. The Hall–Kier alpha value is -1.06. The van der Waals surface area contributed by atoms with E-state index in [2.05, 4.69) is 10.6 Å². The molecule has 0 aliphatic carbocycles. The summed E-state index contributed by atoms with van der Waals surface area (Å²) >= 11 is 0. The zero-order valence-corrected chi connectivity index (χ0v) is 7.97. The van der Waals surface area contributed by atoms with Crippen molar-refractivity contribution in [2.75, 3.05) is 7.05 Å². The molecule has 2 N–H and O–H groups in total. The van der Waals surface area contributed by atoms with Crippen LogP contribution in [0.5, 0.6) is 0 Å². The van der Waals surface area contributed by atoms with Crippen LogP contribution in [-0.4, -0.2) is 25.4 Å². The molecule has 0 spiro atoms. The summed E-state index contributed by atoms with van der Waals surface area (Å²) in [5.41, 5.74) is -0.263. The number of carbonyl (C=O) groups is 2. The zero-order valence-electron chi connectivity index (χ0n) is 7.97. The van der Waals surface area contributed by atoms with Crippen LogP contribution in [0.15, 0.2) is 0 Å². The minimum atomic E-state index is -0.472. The molecule has 0 saturated heterocycles. The van der Waals surface area contributed by atoms with E-state index in [0.29, 0.717) is 6.41 Å². The lowest BCUT2D eigenvalue weighted by Crippen LogP contribution is -2.50. The second-order valence-electron chi connectivity index (χ2n) is 3.70. The first-order chi connectivity index (χ1) is 5.43. The van der Waals surface area contributed by atoms with Gasteiger partial charge >= 0.3 is 0 Å². The van der Waals surface area contributed by atoms with Gasteiger partial charge in [0.25, 0.3) is 0 Å². The van der Waals surface area contributed by atoms with Crippen LogP contribution in [0.25, 0.3) is 0 Å². The number of carbonyl (C=O) groups excluding carboxylic acids is 2. The third-order valence-electron chi connectivity index (χ3n) is 1.61. The fourth-order valence-corrected chi connectivity index (χ4v) is 0.931. The van der Waals surface area contributed by atoms with Gasteiger partial charge in [-0.2, -0.15) is 0 Å². The van der Waals surface area contributed by atoms with Crippen molar-refractivity contribution in [1.82, 2.24) is 10.6 Å². The van der Waals surface area contributed by atoms with Crippen LogP contribution < -0.4 is 10.6 Å². The van der Waals surface area contributed by atoms with Gasteiger partial charge in [-0.05, 0) is 5.41 Å². The molecule has 1 atom stereocenters. The van der Waals surface area contributed by atoms with Crippen LogP contribution in [0.3, 0.4) is 0 Å². The maximum atomic E-state index is 11.2. The maximum absolute atomic E-state index is 11.2. The van der Waals surface area contributed by atoms with E-state index in [1.807, 2.05) is 20.8 Å². The van der Waals surface area contributed by atoms with Gasteiger partial charge in [-0.25, -0.2) is 0 Å².